The summed E-state index contributed by atoms with van der Waals surface area (Å²) in [6.45, 7) is 9.42. The minimum absolute atomic E-state index is 0.933. The second-order valence-electron chi connectivity index (χ2n) is 4.84. The van der Waals surface area contributed by atoms with Crippen molar-refractivity contribution >= 4 is 11.6 Å². The minimum Gasteiger partial charge on any atom is -0.325 e. The van der Waals surface area contributed by atoms with Gasteiger partial charge in [-0.3, -0.25) is 0 Å². The van der Waals surface area contributed by atoms with Crippen LogP contribution >= 0.6 is 0 Å². The normalized spacial score (nSPS) is 10.7. The van der Waals surface area contributed by atoms with Gasteiger partial charge < -0.3 is 9.88 Å². The summed E-state index contributed by atoms with van der Waals surface area (Å²) in [6, 6.07) is 6.43. The topological polar surface area (TPSA) is 29.9 Å². The van der Waals surface area contributed by atoms with Crippen LogP contribution in [-0.2, 0) is 6.54 Å². The smallest absolute Gasteiger partial charge is 0.207 e. The minimum atomic E-state index is 0.933. The highest BCUT2D eigenvalue weighted by Crippen LogP contribution is 2.21. The van der Waals surface area contributed by atoms with Crippen LogP contribution in [0.3, 0.4) is 0 Å². The van der Waals surface area contributed by atoms with Crippen LogP contribution in [0.15, 0.2) is 24.4 Å². The number of rotatable bonds is 4. The molecular weight excluding hydrogens is 222 g/mol. The lowest BCUT2D eigenvalue weighted by molar-refractivity contribution is 0.686. The molecule has 0 atom stereocenters. The van der Waals surface area contributed by atoms with Crippen molar-refractivity contribution in [3.63, 3.8) is 0 Å². The van der Waals surface area contributed by atoms with E-state index in [9.17, 15) is 0 Å². The monoisotopic (exact) mass is 243 g/mol. The molecule has 0 bridgehead atoms. The largest absolute Gasteiger partial charge is 0.325 e. The highest BCUT2D eigenvalue weighted by molar-refractivity contribution is 5.59. The maximum absolute atomic E-state index is 4.55. The SMILES string of the molecule is CCCn1cc(C)nc1Nc1cc(C)ccc1C. The van der Waals surface area contributed by atoms with Gasteiger partial charge in [-0.2, -0.15) is 0 Å². The molecule has 0 aliphatic heterocycles. The van der Waals surface area contributed by atoms with Gasteiger partial charge in [0.2, 0.25) is 5.95 Å². The quantitative estimate of drug-likeness (QED) is 0.880. The van der Waals surface area contributed by atoms with Gasteiger partial charge in [-0.1, -0.05) is 19.1 Å². The van der Waals surface area contributed by atoms with Crippen molar-refractivity contribution in [2.24, 2.45) is 0 Å². The van der Waals surface area contributed by atoms with Crippen molar-refractivity contribution in [2.75, 3.05) is 5.32 Å². The summed E-state index contributed by atoms with van der Waals surface area (Å²) >= 11 is 0. The third-order valence-corrected chi connectivity index (χ3v) is 3.00. The number of nitrogens with one attached hydrogen (secondary N) is 1. The number of benzene rings is 1. The van der Waals surface area contributed by atoms with Crippen LogP contribution in [0.1, 0.15) is 30.2 Å². The molecule has 0 amide bonds. The molecule has 3 nitrogen and oxygen atoms in total. The van der Waals surface area contributed by atoms with E-state index in [1.54, 1.807) is 0 Å². The van der Waals surface area contributed by atoms with E-state index in [0.29, 0.717) is 0 Å². The van der Waals surface area contributed by atoms with E-state index in [0.717, 1.165) is 30.3 Å². The average Bonchev–Trinajstić information content (AvgIpc) is 2.65. The highest BCUT2D eigenvalue weighted by atomic mass is 15.2. The maximum Gasteiger partial charge on any atom is 0.207 e. The Hall–Kier alpha value is -1.77. The van der Waals surface area contributed by atoms with E-state index in [4.69, 9.17) is 0 Å². The number of nitrogens with zero attached hydrogens (tertiary/aromatic N) is 2. The predicted molar refractivity (Wildman–Crippen MR) is 76.5 cm³/mol. The molecule has 1 heterocycles. The van der Waals surface area contributed by atoms with Crippen molar-refractivity contribution in [1.82, 2.24) is 9.55 Å². The zero-order chi connectivity index (χ0) is 13.1. The number of aromatic nitrogens is 2. The highest BCUT2D eigenvalue weighted by Gasteiger charge is 2.06. The van der Waals surface area contributed by atoms with Gasteiger partial charge in [-0.05, 0) is 44.4 Å². The molecule has 0 unspecified atom stereocenters. The fourth-order valence-electron chi connectivity index (χ4n) is 2.05. The molecule has 0 aliphatic rings. The molecule has 1 aromatic heterocycles. The Labute approximate surface area is 109 Å². The summed E-state index contributed by atoms with van der Waals surface area (Å²) in [5, 5.41) is 3.44. The van der Waals surface area contributed by atoms with Crippen LogP contribution in [0.25, 0.3) is 0 Å². The first-order chi connectivity index (χ1) is 8.60. The van der Waals surface area contributed by atoms with Crippen molar-refractivity contribution in [2.45, 2.75) is 40.7 Å². The summed E-state index contributed by atoms with van der Waals surface area (Å²) in [6.07, 6.45) is 3.20. The van der Waals surface area contributed by atoms with Gasteiger partial charge >= 0.3 is 0 Å². The molecule has 3 heteroatoms. The molecule has 0 radical (unpaired) electrons. The second kappa shape index (κ2) is 5.25. The standard InChI is InChI=1S/C15H21N3/c1-5-8-18-10-13(4)16-15(18)17-14-9-11(2)6-7-12(14)3/h6-7,9-10H,5,8H2,1-4H3,(H,16,17). The van der Waals surface area contributed by atoms with Gasteiger partial charge in [0.25, 0.3) is 0 Å². The lowest BCUT2D eigenvalue weighted by Gasteiger charge is -2.11. The van der Waals surface area contributed by atoms with Crippen molar-refractivity contribution < 1.29 is 0 Å². The molecule has 18 heavy (non-hydrogen) atoms. The third kappa shape index (κ3) is 2.73. The Kier molecular flexibility index (Phi) is 3.70. The Morgan fingerprint density at radius 1 is 1.22 bits per heavy atom. The first-order valence-electron chi connectivity index (χ1n) is 6.48. The third-order valence-electron chi connectivity index (χ3n) is 3.00. The second-order valence-corrected chi connectivity index (χ2v) is 4.84. The Balaban J connectivity index is 2.30. The number of imidazole rings is 1. The molecule has 1 aromatic carbocycles. The summed E-state index contributed by atoms with van der Waals surface area (Å²) in [7, 11) is 0. The molecule has 0 spiro atoms. The van der Waals surface area contributed by atoms with Gasteiger partial charge in [0.05, 0.1) is 5.69 Å². The fourth-order valence-corrected chi connectivity index (χ4v) is 2.05. The van der Waals surface area contributed by atoms with Crippen molar-refractivity contribution in [3.8, 4) is 0 Å². The fraction of sp³-hybridized carbons (Fsp3) is 0.400. The predicted octanol–water partition coefficient (Wildman–Crippen LogP) is 3.96. The number of anilines is 2. The Bertz CT molecular complexity index is 541. The maximum atomic E-state index is 4.55. The molecule has 0 fully saturated rings. The van der Waals surface area contributed by atoms with Crippen LogP contribution in [0.5, 0.6) is 0 Å². The molecule has 0 saturated carbocycles. The van der Waals surface area contributed by atoms with E-state index in [-0.39, 0.29) is 0 Å². The number of hydrogen-bond donors (Lipinski definition) is 1. The molecule has 96 valence electrons. The van der Waals surface area contributed by atoms with Gasteiger partial charge in [-0.15, -0.1) is 0 Å². The Morgan fingerprint density at radius 2 is 2.00 bits per heavy atom. The average molecular weight is 243 g/mol. The molecule has 2 rings (SSSR count). The zero-order valence-electron chi connectivity index (χ0n) is 11.6. The lowest BCUT2D eigenvalue weighted by Crippen LogP contribution is -2.03. The van der Waals surface area contributed by atoms with E-state index in [1.807, 2.05) is 6.92 Å². The van der Waals surface area contributed by atoms with Gasteiger partial charge in [0.15, 0.2) is 0 Å². The van der Waals surface area contributed by atoms with E-state index in [1.165, 1.54) is 11.1 Å². The molecule has 2 aromatic rings. The first kappa shape index (κ1) is 12.7. The lowest BCUT2D eigenvalue weighted by atomic mass is 10.1. The summed E-state index contributed by atoms with van der Waals surface area (Å²) in [5.41, 5.74) is 4.69. The summed E-state index contributed by atoms with van der Waals surface area (Å²) < 4.78 is 2.18. The molecule has 0 saturated heterocycles. The Morgan fingerprint density at radius 3 is 2.72 bits per heavy atom. The van der Waals surface area contributed by atoms with Crippen LogP contribution in [0, 0.1) is 20.8 Å². The van der Waals surface area contributed by atoms with Gasteiger partial charge in [0.1, 0.15) is 0 Å². The van der Waals surface area contributed by atoms with Crippen molar-refractivity contribution in [3.05, 3.63) is 41.2 Å². The molecular formula is C15H21N3. The zero-order valence-corrected chi connectivity index (χ0v) is 11.6. The van der Waals surface area contributed by atoms with Crippen LogP contribution in [0.4, 0.5) is 11.6 Å². The molecule has 1 N–H and O–H groups in total. The van der Waals surface area contributed by atoms with E-state index >= 15 is 0 Å². The van der Waals surface area contributed by atoms with Gasteiger partial charge in [0, 0.05) is 18.4 Å². The summed E-state index contributed by atoms with van der Waals surface area (Å²) in [5.74, 6) is 0.933. The van der Waals surface area contributed by atoms with Crippen LogP contribution in [-0.4, -0.2) is 9.55 Å². The van der Waals surface area contributed by atoms with Crippen LogP contribution in [0.2, 0.25) is 0 Å². The van der Waals surface area contributed by atoms with Crippen LogP contribution < -0.4 is 5.32 Å². The summed E-state index contributed by atoms with van der Waals surface area (Å²) in [4.78, 5) is 4.55. The van der Waals surface area contributed by atoms with Gasteiger partial charge in [-0.25, -0.2) is 4.98 Å². The number of hydrogen-bond acceptors (Lipinski definition) is 2. The van der Waals surface area contributed by atoms with E-state index < -0.39 is 0 Å². The first-order valence-corrected chi connectivity index (χ1v) is 6.48. The van der Waals surface area contributed by atoms with Crippen molar-refractivity contribution in [1.29, 1.82) is 0 Å². The number of aryl methyl sites for hydroxylation is 4. The van der Waals surface area contributed by atoms with E-state index in [2.05, 4.69) is 60.0 Å². The molecule has 0 aliphatic carbocycles.